The van der Waals surface area contributed by atoms with Crippen molar-refractivity contribution in [1.29, 1.82) is 5.26 Å². The monoisotopic (exact) mass is 436 g/mol. The number of hydrogen-bond donors (Lipinski definition) is 2. The molecule has 11 heteroatoms. The molecule has 1 heterocycles. The number of ketones is 1. The average Bonchev–Trinajstić information content (AvgIpc) is 3.41. The number of nitrogens with one attached hydrogen (secondary N) is 2. The molecule has 0 saturated heterocycles. The van der Waals surface area contributed by atoms with Crippen LogP contribution in [0.15, 0.2) is 24.4 Å². The van der Waals surface area contributed by atoms with Gasteiger partial charge in [0.15, 0.2) is 5.82 Å². The Morgan fingerprint density at radius 2 is 1.87 bits per heavy atom. The standard InChI is InChI=1S/C20H16F4N4O3/c1-19(23,24)20(5-6-20)27-18(31)16(29)12-9-28(2)15(14(12)22)17(30)26-11-3-4-13(21)10(7-11)8-25/h3-4,7,9H,5-6H2,1-2H3,(H,26,30)(H,27,31). The molecule has 0 unspecified atom stereocenters. The normalized spacial score (nSPS) is 14.5. The van der Waals surface area contributed by atoms with Gasteiger partial charge in [0.25, 0.3) is 23.5 Å². The number of anilines is 1. The number of aromatic nitrogens is 1. The van der Waals surface area contributed by atoms with E-state index >= 15 is 0 Å². The minimum Gasteiger partial charge on any atom is -0.343 e. The first-order chi connectivity index (χ1) is 14.4. The number of aryl methyl sites for hydroxylation is 1. The summed E-state index contributed by atoms with van der Waals surface area (Å²) in [5.41, 5.74) is -3.58. The third-order valence-electron chi connectivity index (χ3n) is 5.07. The van der Waals surface area contributed by atoms with Crippen molar-refractivity contribution in [2.45, 2.75) is 31.2 Å². The predicted molar refractivity (Wildman–Crippen MR) is 99.5 cm³/mol. The lowest BCUT2D eigenvalue weighted by Crippen LogP contribution is -2.50. The Balaban J connectivity index is 1.82. The van der Waals surface area contributed by atoms with Crippen molar-refractivity contribution < 1.29 is 31.9 Å². The van der Waals surface area contributed by atoms with Crippen molar-refractivity contribution in [3.63, 3.8) is 0 Å². The highest BCUT2D eigenvalue weighted by atomic mass is 19.3. The molecule has 0 spiro atoms. The molecule has 1 saturated carbocycles. The van der Waals surface area contributed by atoms with Gasteiger partial charge in [0.2, 0.25) is 0 Å². The summed E-state index contributed by atoms with van der Waals surface area (Å²) in [6, 6.07) is 4.71. The number of nitrogens with zero attached hydrogens (tertiary/aromatic N) is 2. The number of Topliss-reactive ketones (excluding diaryl/α,β-unsaturated/α-hetero) is 1. The summed E-state index contributed by atoms with van der Waals surface area (Å²) in [7, 11) is 1.24. The highest BCUT2D eigenvalue weighted by Gasteiger charge is 2.60. The molecular weight excluding hydrogens is 420 g/mol. The number of benzene rings is 1. The second kappa shape index (κ2) is 7.54. The molecule has 0 radical (unpaired) electrons. The lowest BCUT2D eigenvalue weighted by Gasteiger charge is -2.23. The zero-order valence-corrected chi connectivity index (χ0v) is 16.4. The van der Waals surface area contributed by atoms with Crippen molar-refractivity contribution in [3.8, 4) is 6.07 Å². The van der Waals surface area contributed by atoms with Crippen LogP contribution in [0.5, 0.6) is 0 Å². The molecule has 2 N–H and O–H groups in total. The van der Waals surface area contributed by atoms with Gasteiger partial charge in [-0.25, -0.2) is 17.6 Å². The smallest absolute Gasteiger partial charge is 0.293 e. The zero-order chi connectivity index (χ0) is 23.1. The van der Waals surface area contributed by atoms with Crippen LogP contribution >= 0.6 is 0 Å². The van der Waals surface area contributed by atoms with Gasteiger partial charge < -0.3 is 15.2 Å². The third-order valence-corrected chi connectivity index (χ3v) is 5.07. The van der Waals surface area contributed by atoms with E-state index in [1.54, 1.807) is 6.07 Å². The highest BCUT2D eigenvalue weighted by molar-refractivity contribution is 6.43. The first-order valence-corrected chi connectivity index (χ1v) is 9.00. The number of carbonyl (C=O) groups excluding carboxylic acids is 3. The van der Waals surface area contributed by atoms with Gasteiger partial charge in [-0.3, -0.25) is 14.4 Å². The second-order valence-electron chi connectivity index (χ2n) is 7.33. The summed E-state index contributed by atoms with van der Waals surface area (Å²) < 4.78 is 56.4. The summed E-state index contributed by atoms with van der Waals surface area (Å²) in [6.07, 6.45) is 0.840. The molecule has 31 heavy (non-hydrogen) atoms. The van der Waals surface area contributed by atoms with E-state index in [2.05, 4.69) is 5.32 Å². The number of rotatable bonds is 6. The van der Waals surface area contributed by atoms with Crippen molar-refractivity contribution in [3.05, 3.63) is 52.9 Å². The third kappa shape index (κ3) is 4.01. The minimum absolute atomic E-state index is 0.00461. The Labute approximate surface area is 173 Å². The summed E-state index contributed by atoms with van der Waals surface area (Å²) in [5.74, 6) is -9.25. The van der Waals surface area contributed by atoms with Crippen LogP contribution in [-0.2, 0) is 11.8 Å². The maximum absolute atomic E-state index is 14.8. The van der Waals surface area contributed by atoms with Gasteiger partial charge in [-0.2, -0.15) is 5.26 Å². The van der Waals surface area contributed by atoms with E-state index in [-0.39, 0.29) is 24.1 Å². The van der Waals surface area contributed by atoms with Gasteiger partial charge in [0.05, 0.1) is 11.1 Å². The first-order valence-electron chi connectivity index (χ1n) is 9.00. The van der Waals surface area contributed by atoms with Crippen LogP contribution < -0.4 is 10.6 Å². The maximum atomic E-state index is 14.8. The second-order valence-corrected chi connectivity index (χ2v) is 7.33. The average molecular weight is 436 g/mol. The molecule has 2 aromatic rings. The van der Waals surface area contributed by atoms with Crippen LogP contribution in [0.3, 0.4) is 0 Å². The molecule has 1 fully saturated rings. The molecule has 1 aliphatic carbocycles. The maximum Gasteiger partial charge on any atom is 0.293 e. The lowest BCUT2D eigenvalue weighted by molar-refractivity contribution is -0.122. The van der Waals surface area contributed by atoms with E-state index in [0.717, 1.165) is 29.0 Å². The van der Waals surface area contributed by atoms with Crippen molar-refractivity contribution in [2.24, 2.45) is 7.05 Å². The molecule has 3 rings (SSSR count). The fraction of sp³-hybridized carbons (Fsp3) is 0.300. The summed E-state index contributed by atoms with van der Waals surface area (Å²) in [5, 5.41) is 13.1. The topological polar surface area (TPSA) is 104 Å². The molecular formula is C20H16F4N4O3. The zero-order valence-electron chi connectivity index (χ0n) is 16.4. The van der Waals surface area contributed by atoms with Gasteiger partial charge in [-0.1, -0.05) is 0 Å². The van der Waals surface area contributed by atoms with E-state index in [4.69, 9.17) is 5.26 Å². The van der Waals surface area contributed by atoms with E-state index in [1.807, 2.05) is 5.32 Å². The molecule has 162 valence electrons. The SMILES string of the molecule is Cn1cc(C(=O)C(=O)NC2(C(C)(F)F)CC2)c(F)c1C(=O)Nc1ccc(F)c(C#N)c1. The summed E-state index contributed by atoms with van der Waals surface area (Å²) in [6.45, 7) is 0.615. The van der Waals surface area contributed by atoms with E-state index in [0.29, 0.717) is 6.92 Å². The molecule has 0 bridgehead atoms. The van der Waals surface area contributed by atoms with Crippen molar-refractivity contribution >= 4 is 23.3 Å². The first kappa shape index (κ1) is 22.0. The molecule has 0 atom stereocenters. The fourth-order valence-corrected chi connectivity index (χ4v) is 3.09. The van der Waals surface area contributed by atoms with E-state index in [1.165, 1.54) is 7.05 Å². The van der Waals surface area contributed by atoms with E-state index in [9.17, 15) is 31.9 Å². The van der Waals surface area contributed by atoms with Crippen LogP contribution in [0.25, 0.3) is 0 Å². The molecule has 7 nitrogen and oxygen atoms in total. The fourth-order valence-electron chi connectivity index (χ4n) is 3.09. The number of alkyl halides is 2. The molecule has 1 aromatic heterocycles. The lowest BCUT2D eigenvalue weighted by atomic mass is 10.1. The van der Waals surface area contributed by atoms with Crippen LogP contribution in [0.4, 0.5) is 23.2 Å². The Hall–Kier alpha value is -3.68. The molecule has 0 aliphatic heterocycles. The van der Waals surface area contributed by atoms with Gasteiger partial charge in [-0.05, 0) is 31.0 Å². The Kier molecular flexibility index (Phi) is 5.35. The Morgan fingerprint density at radius 1 is 1.23 bits per heavy atom. The molecule has 2 amide bonds. The highest BCUT2D eigenvalue weighted by Crippen LogP contribution is 2.47. The van der Waals surface area contributed by atoms with Crippen LogP contribution in [0.1, 0.15) is 46.2 Å². The van der Waals surface area contributed by atoms with Gasteiger partial charge in [-0.15, -0.1) is 0 Å². The van der Waals surface area contributed by atoms with Gasteiger partial charge in [0.1, 0.15) is 23.1 Å². The van der Waals surface area contributed by atoms with Crippen molar-refractivity contribution in [2.75, 3.05) is 5.32 Å². The summed E-state index contributed by atoms with van der Waals surface area (Å²) in [4.78, 5) is 36.9. The van der Waals surface area contributed by atoms with Crippen molar-refractivity contribution in [1.82, 2.24) is 9.88 Å². The van der Waals surface area contributed by atoms with Gasteiger partial charge in [0, 0.05) is 25.9 Å². The quantitative estimate of drug-likeness (QED) is 0.413. The number of halogens is 4. The van der Waals surface area contributed by atoms with Crippen LogP contribution in [0.2, 0.25) is 0 Å². The number of nitriles is 1. The minimum atomic E-state index is -3.26. The molecule has 1 aromatic carbocycles. The molecule has 1 aliphatic rings. The number of hydrogen-bond acceptors (Lipinski definition) is 4. The Morgan fingerprint density at radius 3 is 2.42 bits per heavy atom. The number of carbonyl (C=O) groups is 3. The number of amides is 2. The summed E-state index contributed by atoms with van der Waals surface area (Å²) >= 11 is 0. The largest absolute Gasteiger partial charge is 0.343 e. The Bertz CT molecular complexity index is 1140. The van der Waals surface area contributed by atoms with Crippen LogP contribution in [-0.4, -0.2) is 33.6 Å². The van der Waals surface area contributed by atoms with Crippen LogP contribution in [0, 0.1) is 23.0 Å². The van der Waals surface area contributed by atoms with Gasteiger partial charge >= 0.3 is 0 Å². The van der Waals surface area contributed by atoms with E-state index < -0.39 is 52.0 Å². The predicted octanol–water partition coefficient (Wildman–Crippen LogP) is 2.91.